The fourth-order valence-electron chi connectivity index (χ4n) is 3.18. The molecule has 128 valence electrons. The predicted octanol–water partition coefficient (Wildman–Crippen LogP) is 3.95. The summed E-state index contributed by atoms with van der Waals surface area (Å²) < 4.78 is 0. The SMILES string of the molecule is CC(CC(C)(C)c1ccccc1)NC(=O)CC(N)c1ccccc1. The van der Waals surface area contributed by atoms with Crippen LogP contribution >= 0.6 is 0 Å². The Kier molecular flexibility index (Phi) is 6.16. The van der Waals surface area contributed by atoms with Gasteiger partial charge in [-0.05, 0) is 29.9 Å². The molecule has 3 nitrogen and oxygen atoms in total. The Hall–Kier alpha value is -2.13. The van der Waals surface area contributed by atoms with E-state index in [9.17, 15) is 4.79 Å². The zero-order valence-corrected chi connectivity index (χ0v) is 14.8. The van der Waals surface area contributed by atoms with Crippen molar-refractivity contribution in [2.24, 2.45) is 5.73 Å². The standard InChI is InChI=1S/C21H28N2O/c1-16(15-21(2,3)18-12-8-5-9-13-18)23-20(24)14-19(22)17-10-6-4-7-11-17/h4-13,16,19H,14-15,22H2,1-3H3,(H,23,24). The molecule has 2 unspecified atom stereocenters. The fourth-order valence-corrected chi connectivity index (χ4v) is 3.18. The van der Waals surface area contributed by atoms with Crippen molar-refractivity contribution in [2.75, 3.05) is 0 Å². The highest BCUT2D eigenvalue weighted by Crippen LogP contribution is 2.28. The van der Waals surface area contributed by atoms with Crippen LogP contribution in [0.3, 0.4) is 0 Å². The third-order valence-electron chi connectivity index (χ3n) is 4.41. The summed E-state index contributed by atoms with van der Waals surface area (Å²) in [6.45, 7) is 6.47. The Bertz CT molecular complexity index is 637. The smallest absolute Gasteiger partial charge is 0.222 e. The number of hydrogen-bond acceptors (Lipinski definition) is 2. The minimum absolute atomic E-state index is 0.00251. The van der Waals surface area contributed by atoms with Crippen molar-refractivity contribution in [1.82, 2.24) is 5.32 Å². The van der Waals surface area contributed by atoms with Crippen molar-refractivity contribution in [1.29, 1.82) is 0 Å². The molecule has 2 aromatic rings. The zero-order chi connectivity index (χ0) is 17.6. The number of nitrogens with one attached hydrogen (secondary N) is 1. The summed E-state index contributed by atoms with van der Waals surface area (Å²) in [6, 6.07) is 20.0. The van der Waals surface area contributed by atoms with E-state index in [2.05, 4.69) is 50.4 Å². The molecule has 2 rings (SSSR count). The molecule has 0 heterocycles. The van der Waals surface area contributed by atoms with Crippen LogP contribution in [0.5, 0.6) is 0 Å². The predicted molar refractivity (Wildman–Crippen MR) is 99.7 cm³/mol. The van der Waals surface area contributed by atoms with Gasteiger partial charge in [-0.2, -0.15) is 0 Å². The molecule has 0 radical (unpaired) electrons. The van der Waals surface area contributed by atoms with Gasteiger partial charge >= 0.3 is 0 Å². The van der Waals surface area contributed by atoms with Crippen molar-refractivity contribution in [2.45, 2.75) is 51.1 Å². The van der Waals surface area contributed by atoms with Gasteiger partial charge in [-0.25, -0.2) is 0 Å². The quantitative estimate of drug-likeness (QED) is 0.810. The van der Waals surface area contributed by atoms with Crippen LogP contribution in [-0.4, -0.2) is 11.9 Å². The normalized spacial score (nSPS) is 14.0. The number of carbonyl (C=O) groups is 1. The molecule has 0 saturated carbocycles. The first-order valence-electron chi connectivity index (χ1n) is 8.54. The lowest BCUT2D eigenvalue weighted by atomic mass is 9.79. The van der Waals surface area contributed by atoms with Crippen molar-refractivity contribution in [3.63, 3.8) is 0 Å². The Morgan fingerprint density at radius 3 is 2.17 bits per heavy atom. The largest absolute Gasteiger partial charge is 0.354 e. The van der Waals surface area contributed by atoms with Gasteiger partial charge in [0.1, 0.15) is 0 Å². The number of rotatable bonds is 7. The maximum Gasteiger partial charge on any atom is 0.222 e. The lowest BCUT2D eigenvalue weighted by Crippen LogP contribution is -2.38. The van der Waals surface area contributed by atoms with Crippen molar-refractivity contribution in [3.05, 3.63) is 71.8 Å². The second-order valence-corrected chi connectivity index (χ2v) is 7.14. The number of carbonyl (C=O) groups excluding carboxylic acids is 1. The summed E-state index contributed by atoms with van der Waals surface area (Å²) in [5.74, 6) is 0.00251. The highest BCUT2D eigenvalue weighted by molar-refractivity contribution is 5.77. The summed E-state index contributed by atoms with van der Waals surface area (Å²) in [5, 5.41) is 3.09. The first-order chi connectivity index (χ1) is 11.4. The van der Waals surface area contributed by atoms with E-state index in [0.717, 1.165) is 12.0 Å². The second-order valence-electron chi connectivity index (χ2n) is 7.14. The summed E-state index contributed by atoms with van der Waals surface area (Å²) in [5.41, 5.74) is 8.41. The Balaban J connectivity index is 1.87. The molecule has 0 bridgehead atoms. The molecular formula is C21H28N2O. The molecule has 2 aromatic carbocycles. The van der Waals surface area contributed by atoms with Crippen LogP contribution in [0.2, 0.25) is 0 Å². The van der Waals surface area contributed by atoms with Gasteiger partial charge in [-0.15, -0.1) is 0 Å². The number of benzene rings is 2. The van der Waals surface area contributed by atoms with Crippen LogP contribution in [0.15, 0.2) is 60.7 Å². The summed E-state index contributed by atoms with van der Waals surface area (Å²) in [4.78, 5) is 12.3. The molecule has 24 heavy (non-hydrogen) atoms. The lowest BCUT2D eigenvalue weighted by Gasteiger charge is -2.29. The van der Waals surface area contributed by atoms with Gasteiger partial charge in [0.2, 0.25) is 5.91 Å². The monoisotopic (exact) mass is 324 g/mol. The van der Waals surface area contributed by atoms with Crippen LogP contribution in [0.1, 0.15) is 50.8 Å². The van der Waals surface area contributed by atoms with Crippen LogP contribution in [0, 0.1) is 0 Å². The van der Waals surface area contributed by atoms with Crippen molar-refractivity contribution >= 4 is 5.91 Å². The highest BCUT2D eigenvalue weighted by atomic mass is 16.1. The fraction of sp³-hybridized carbons (Fsp3) is 0.381. The van der Waals surface area contributed by atoms with Gasteiger partial charge in [0.15, 0.2) is 0 Å². The second kappa shape index (κ2) is 8.11. The van der Waals surface area contributed by atoms with Gasteiger partial charge in [0.05, 0.1) is 0 Å². The molecule has 0 aromatic heterocycles. The Morgan fingerprint density at radius 2 is 1.58 bits per heavy atom. The highest BCUT2D eigenvalue weighted by Gasteiger charge is 2.24. The first kappa shape index (κ1) is 18.2. The van der Waals surface area contributed by atoms with E-state index >= 15 is 0 Å². The van der Waals surface area contributed by atoms with E-state index in [1.165, 1.54) is 5.56 Å². The van der Waals surface area contributed by atoms with E-state index in [-0.39, 0.29) is 23.4 Å². The van der Waals surface area contributed by atoms with Crippen molar-refractivity contribution in [3.8, 4) is 0 Å². The molecule has 2 atom stereocenters. The van der Waals surface area contributed by atoms with Crippen LogP contribution in [0.25, 0.3) is 0 Å². The zero-order valence-electron chi connectivity index (χ0n) is 14.8. The molecular weight excluding hydrogens is 296 g/mol. The third-order valence-corrected chi connectivity index (χ3v) is 4.41. The van der Waals surface area contributed by atoms with E-state index in [4.69, 9.17) is 5.73 Å². The van der Waals surface area contributed by atoms with Gasteiger partial charge in [0, 0.05) is 18.5 Å². The van der Waals surface area contributed by atoms with Crippen molar-refractivity contribution < 1.29 is 4.79 Å². The van der Waals surface area contributed by atoms with Gasteiger partial charge in [-0.3, -0.25) is 4.79 Å². The lowest BCUT2D eigenvalue weighted by molar-refractivity contribution is -0.122. The van der Waals surface area contributed by atoms with Gasteiger partial charge < -0.3 is 11.1 Å². The molecule has 0 spiro atoms. The van der Waals surface area contributed by atoms with Gasteiger partial charge in [0.25, 0.3) is 0 Å². The van der Waals surface area contributed by atoms with Crippen LogP contribution in [-0.2, 0) is 10.2 Å². The summed E-state index contributed by atoms with van der Waals surface area (Å²) >= 11 is 0. The minimum atomic E-state index is -0.263. The van der Waals surface area contributed by atoms with E-state index in [1.807, 2.05) is 36.4 Å². The third kappa shape index (κ3) is 5.20. The molecule has 3 N–H and O–H groups in total. The number of nitrogens with two attached hydrogens (primary N) is 1. The summed E-state index contributed by atoms with van der Waals surface area (Å²) in [7, 11) is 0. The van der Waals surface area contributed by atoms with E-state index in [1.54, 1.807) is 0 Å². The average molecular weight is 324 g/mol. The Morgan fingerprint density at radius 1 is 1.04 bits per heavy atom. The molecule has 3 heteroatoms. The van der Waals surface area contributed by atoms with E-state index in [0.29, 0.717) is 6.42 Å². The first-order valence-corrected chi connectivity index (χ1v) is 8.54. The van der Waals surface area contributed by atoms with Crippen LogP contribution < -0.4 is 11.1 Å². The molecule has 0 fully saturated rings. The Labute approximate surface area is 145 Å². The average Bonchev–Trinajstić information content (AvgIpc) is 2.55. The van der Waals surface area contributed by atoms with E-state index < -0.39 is 0 Å². The molecule has 0 aliphatic rings. The molecule has 0 aliphatic heterocycles. The molecule has 0 aliphatic carbocycles. The van der Waals surface area contributed by atoms with Crippen LogP contribution in [0.4, 0.5) is 0 Å². The summed E-state index contributed by atoms with van der Waals surface area (Å²) in [6.07, 6.45) is 1.18. The maximum atomic E-state index is 12.3. The molecule has 0 saturated heterocycles. The number of amides is 1. The minimum Gasteiger partial charge on any atom is -0.354 e. The molecule has 1 amide bonds. The number of hydrogen-bond donors (Lipinski definition) is 2. The topological polar surface area (TPSA) is 55.1 Å². The van der Waals surface area contributed by atoms with Gasteiger partial charge in [-0.1, -0.05) is 74.5 Å². The maximum absolute atomic E-state index is 12.3.